The van der Waals surface area contributed by atoms with Crippen LogP contribution in [0.15, 0.2) is 47.4 Å². The number of sulfone groups is 1. The number of carbonyl (C=O) groups is 1. The first kappa shape index (κ1) is 24.2. The highest BCUT2D eigenvalue weighted by Gasteiger charge is 2.50. The Morgan fingerprint density at radius 2 is 1.62 bits per heavy atom. The lowest BCUT2D eigenvalue weighted by molar-refractivity contribution is -0.138. The fraction of sp³-hybridized carbons (Fsp3) is 0.409. The van der Waals surface area contributed by atoms with Crippen LogP contribution in [0.25, 0.3) is 0 Å². The summed E-state index contributed by atoms with van der Waals surface area (Å²) in [5.41, 5.74) is -1.39. The van der Waals surface area contributed by atoms with Crippen LogP contribution in [0.2, 0.25) is 0 Å². The average Bonchev–Trinajstić information content (AvgIpc) is 2.73. The quantitative estimate of drug-likeness (QED) is 0.543. The molecular weight excluding hydrogens is 455 g/mol. The number of aliphatic carboxylic acids is 1. The van der Waals surface area contributed by atoms with Crippen molar-refractivity contribution in [3.8, 4) is 0 Å². The van der Waals surface area contributed by atoms with Crippen LogP contribution in [0.1, 0.15) is 49.7 Å². The molecule has 1 N–H and O–H groups in total. The van der Waals surface area contributed by atoms with Crippen LogP contribution >= 0.6 is 0 Å². The Morgan fingerprint density at radius 1 is 1.03 bits per heavy atom. The van der Waals surface area contributed by atoms with Crippen LogP contribution in [0, 0.1) is 17.6 Å². The van der Waals surface area contributed by atoms with Crippen LogP contribution in [0.5, 0.6) is 0 Å². The molecule has 174 valence electrons. The fourth-order valence-electron chi connectivity index (χ4n) is 4.34. The molecule has 1 aliphatic rings. The van der Waals surface area contributed by atoms with E-state index in [0.717, 1.165) is 30.3 Å². The summed E-state index contributed by atoms with van der Waals surface area (Å²) in [7, 11) is -4.42. The first-order chi connectivity index (χ1) is 14.9. The van der Waals surface area contributed by atoms with Crippen molar-refractivity contribution in [1.29, 1.82) is 0 Å². The molecular formula is C22H21F5O4S. The maximum atomic E-state index is 14.8. The van der Waals surface area contributed by atoms with Gasteiger partial charge in [-0.2, -0.15) is 13.2 Å². The Balaban J connectivity index is 2.05. The Bertz CT molecular complexity index is 1090. The van der Waals surface area contributed by atoms with E-state index in [2.05, 4.69) is 0 Å². The van der Waals surface area contributed by atoms with Crippen LogP contribution in [-0.2, 0) is 25.6 Å². The summed E-state index contributed by atoms with van der Waals surface area (Å²) in [6.07, 6.45) is -4.15. The van der Waals surface area contributed by atoms with Crippen LogP contribution in [-0.4, -0.2) is 19.5 Å². The Hall–Kier alpha value is -2.49. The second kappa shape index (κ2) is 8.80. The fourth-order valence-corrected chi connectivity index (χ4v) is 6.50. The number of rotatable bonds is 6. The van der Waals surface area contributed by atoms with Gasteiger partial charge in [-0.3, -0.25) is 4.79 Å². The number of hydrogen-bond donors (Lipinski definition) is 1. The number of benzene rings is 2. The molecule has 0 heterocycles. The summed E-state index contributed by atoms with van der Waals surface area (Å²) in [5, 5.41) is 8.88. The van der Waals surface area contributed by atoms with Gasteiger partial charge in [-0.1, -0.05) is 0 Å². The summed E-state index contributed by atoms with van der Waals surface area (Å²) in [6.45, 7) is 0. The van der Waals surface area contributed by atoms with E-state index < -0.39 is 48.8 Å². The van der Waals surface area contributed by atoms with Crippen molar-refractivity contribution >= 4 is 15.8 Å². The monoisotopic (exact) mass is 476 g/mol. The lowest BCUT2D eigenvalue weighted by atomic mass is 9.76. The number of alkyl halides is 3. The molecule has 0 aromatic heterocycles. The summed E-state index contributed by atoms with van der Waals surface area (Å²) in [4.78, 5) is 10.4. The Kier molecular flexibility index (Phi) is 6.65. The minimum atomic E-state index is -4.66. The molecule has 1 saturated carbocycles. The van der Waals surface area contributed by atoms with E-state index in [1.807, 2.05) is 0 Å². The van der Waals surface area contributed by atoms with Crippen molar-refractivity contribution in [3.63, 3.8) is 0 Å². The third-order valence-corrected chi connectivity index (χ3v) is 8.65. The highest BCUT2D eigenvalue weighted by molar-refractivity contribution is 7.92. The topological polar surface area (TPSA) is 71.4 Å². The standard InChI is InChI=1S/C22H21F5O4S/c23-16-4-7-19(24)18(13-16)21(11-9-14(10-12-21)1-8-20(28)29)32(30,31)17-5-2-15(3-6-17)22(25,26)27/h2-7,13-14H,1,8-12H2,(H,28,29). The van der Waals surface area contributed by atoms with Gasteiger partial charge in [0.15, 0.2) is 9.84 Å². The molecule has 1 fully saturated rings. The van der Waals surface area contributed by atoms with Crippen molar-refractivity contribution in [2.24, 2.45) is 5.92 Å². The van der Waals surface area contributed by atoms with Crippen molar-refractivity contribution in [1.82, 2.24) is 0 Å². The van der Waals surface area contributed by atoms with Gasteiger partial charge in [-0.15, -0.1) is 0 Å². The van der Waals surface area contributed by atoms with E-state index in [-0.39, 0.29) is 43.6 Å². The summed E-state index contributed by atoms with van der Waals surface area (Å²) in [6, 6.07) is 5.43. The highest BCUT2D eigenvalue weighted by Crippen LogP contribution is 2.50. The molecule has 2 aromatic carbocycles. The molecule has 0 aliphatic heterocycles. The maximum Gasteiger partial charge on any atom is 0.416 e. The second-order valence-corrected chi connectivity index (χ2v) is 10.3. The van der Waals surface area contributed by atoms with Crippen molar-refractivity contribution in [2.45, 2.75) is 54.3 Å². The lowest BCUT2D eigenvalue weighted by Crippen LogP contribution is -2.40. The molecule has 1 aliphatic carbocycles. The number of hydrogen-bond acceptors (Lipinski definition) is 3. The molecule has 0 spiro atoms. The minimum Gasteiger partial charge on any atom is -0.481 e. The van der Waals surface area contributed by atoms with Crippen molar-refractivity contribution in [3.05, 3.63) is 65.2 Å². The highest BCUT2D eigenvalue weighted by atomic mass is 32.2. The largest absolute Gasteiger partial charge is 0.481 e. The zero-order chi connectivity index (χ0) is 23.7. The van der Waals surface area contributed by atoms with Gasteiger partial charge in [0.05, 0.1) is 10.5 Å². The van der Waals surface area contributed by atoms with Crippen LogP contribution < -0.4 is 0 Å². The number of carboxylic acids is 1. The van der Waals surface area contributed by atoms with E-state index in [1.54, 1.807) is 0 Å². The van der Waals surface area contributed by atoms with Crippen molar-refractivity contribution in [2.75, 3.05) is 0 Å². The van der Waals surface area contributed by atoms with Gasteiger partial charge in [0, 0.05) is 12.0 Å². The minimum absolute atomic E-state index is 0.0996. The van der Waals surface area contributed by atoms with Crippen LogP contribution in [0.3, 0.4) is 0 Å². The molecule has 0 amide bonds. The first-order valence-electron chi connectivity index (χ1n) is 9.96. The Labute approximate surface area is 182 Å². The van der Waals surface area contributed by atoms with E-state index in [0.29, 0.717) is 18.6 Å². The lowest BCUT2D eigenvalue weighted by Gasteiger charge is -2.40. The average molecular weight is 476 g/mol. The summed E-state index contributed by atoms with van der Waals surface area (Å²) < 4.78 is 92.8. The first-order valence-corrected chi connectivity index (χ1v) is 11.4. The van der Waals surface area contributed by atoms with Gasteiger partial charge < -0.3 is 5.11 Å². The molecule has 0 bridgehead atoms. The zero-order valence-corrected chi connectivity index (χ0v) is 17.6. The van der Waals surface area contributed by atoms with Gasteiger partial charge in [0.25, 0.3) is 0 Å². The normalized spacial score (nSPS) is 22.0. The smallest absolute Gasteiger partial charge is 0.416 e. The molecule has 0 saturated heterocycles. The predicted octanol–water partition coefficient (Wildman–Crippen LogP) is 5.71. The van der Waals surface area contributed by atoms with Gasteiger partial charge in [-0.05, 0) is 80.5 Å². The number of halogens is 5. The van der Waals surface area contributed by atoms with E-state index >= 15 is 0 Å². The molecule has 0 radical (unpaired) electrons. The third kappa shape index (κ3) is 4.65. The van der Waals surface area contributed by atoms with Crippen molar-refractivity contribution < 1.29 is 40.3 Å². The van der Waals surface area contributed by atoms with E-state index in [9.17, 15) is 35.2 Å². The SMILES string of the molecule is O=C(O)CCC1CCC(c2cc(F)ccc2F)(S(=O)(=O)c2ccc(C(F)(F)F)cc2)CC1. The molecule has 0 unspecified atom stereocenters. The Morgan fingerprint density at radius 3 is 2.16 bits per heavy atom. The van der Waals surface area contributed by atoms with Gasteiger partial charge in [-0.25, -0.2) is 17.2 Å². The van der Waals surface area contributed by atoms with Gasteiger partial charge in [0.2, 0.25) is 0 Å². The predicted molar refractivity (Wildman–Crippen MR) is 105 cm³/mol. The molecule has 3 rings (SSSR count). The van der Waals surface area contributed by atoms with E-state index in [4.69, 9.17) is 5.11 Å². The third-order valence-electron chi connectivity index (χ3n) is 6.10. The second-order valence-electron chi connectivity index (χ2n) is 8.02. The van der Waals surface area contributed by atoms with Gasteiger partial charge in [0.1, 0.15) is 16.4 Å². The molecule has 2 aromatic rings. The van der Waals surface area contributed by atoms with Gasteiger partial charge >= 0.3 is 12.1 Å². The molecule has 4 nitrogen and oxygen atoms in total. The zero-order valence-electron chi connectivity index (χ0n) is 16.8. The summed E-state index contributed by atoms with van der Waals surface area (Å²) in [5.74, 6) is -2.86. The molecule has 0 atom stereocenters. The summed E-state index contributed by atoms with van der Waals surface area (Å²) >= 11 is 0. The maximum absolute atomic E-state index is 14.8. The number of carboxylic acid groups (broad SMARTS) is 1. The molecule has 32 heavy (non-hydrogen) atoms. The molecule has 10 heteroatoms. The van der Waals surface area contributed by atoms with E-state index in [1.165, 1.54) is 0 Å². The van der Waals surface area contributed by atoms with Crippen LogP contribution in [0.4, 0.5) is 22.0 Å².